The van der Waals surface area contributed by atoms with Crippen molar-refractivity contribution < 1.29 is 14.0 Å². The molecule has 0 bridgehead atoms. The first-order valence-electron chi connectivity index (χ1n) is 11.6. The molecule has 1 aromatic heterocycles. The van der Waals surface area contributed by atoms with Crippen LogP contribution in [0.1, 0.15) is 77.9 Å². The maximum atomic E-state index is 10.9. The van der Waals surface area contributed by atoms with Crippen molar-refractivity contribution >= 4 is 32.0 Å². The number of aldehydes is 1. The van der Waals surface area contributed by atoms with Gasteiger partial charge in [-0.05, 0) is 69.8 Å². The quantitative estimate of drug-likeness (QED) is 0.177. The molecule has 0 amide bonds. The zero-order valence-electron chi connectivity index (χ0n) is 20.0. The first-order valence-corrected chi connectivity index (χ1v) is 15.0. The van der Waals surface area contributed by atoms with E-state index in [4.69, 9.17) is 9.16 Å². The predicted octanol–water partition coefficient (Wildman–Crippen LogP) is 6.80. The second-order valence-corrected chi connectivity index (χ2v) is 15.0. The van der Waals surface area contributed by atoms with Gasteiger partial charge in [-0.25, -0.2) is 4.98 Å². The molecule has 4 nitrogen and oxygen atoms in total. The van der Waals surface area contributed by atoms with E-state index in [1.807, 2.05) is 13.8 Å². The molecule has 0 spiro atoms. The first kappa shape index (κ1) is 25.4. The van der Waals surface area contributed by atoms with Gasteiger partial charge in [0.05, 0.1) is 28.5 Å². The van der Waals surface area contributed by atoms with Crippen LogP contribution >= 0.6 is 11.3 Å². The van der Waals surface area contributed by atoms with E-state index in [0.29, 0.717) is 0 Å². The fraction of sp³-hybridized carbons (Fsp3) is 0.750. The van der Waals surface area contributed by atoms with Gasteiger partial charge < -0.3 is 14.0 Å². The van der Waals surface area contributed by atoms with Gasteiger partial charge in [-0.3, -0.25) is 0 Å². The third-order valence-corrected chi connectivity index (χ3v) is 12.3. The van der Waals surface area contributed by atoms with Gasteiger partial charge in [0.1, 0.15) is 6.29 Å². The average Bonchev–Trinajstić information content (AvgIpc) is 3.17. The number of rotatable bonds is 14. The van der Waals surface area contributed by atoms with Gasteiger partial charge in [0.25, 0.3) is 0 Å². The molecule has 1 saturated heterocycles. The summed E-state index contributed by atoms with van der Waals surface area (Å²) >= 11 is 1.69. The number of hydrogen-bond acceptors (Lipinski definition) is 5. The normalized spacial score (nSPS) is 24.0. The highest BCUT2D eigenvalue weighted by Gasteiger charge is 2.52. The van der Waals surface area contributed by atoms with E-state index >= 15 is 0 Å². The molecule has 0 unspecified atom stereocenters. The molecule has 0 aliphatic carbocycles. The van der Waals surface area contributed by atoms with Crippen LogP contribution in [0.2, 0.25) is 18.1 Å². The number of hydrogen-bond donors (Lipinski definition) is 0. The summed E-state index contributed by atoms with van der Waals surface area (Å²) in [6.07, 6.45) is 7.44. The highest BCUT2D eigenvalue weighted by atomic mass is 32.1. The molecule has 0 aromatic carbocycles. The van der Waals surface area contributed by atoms with Crippen LogP contribution in [0.15, 0.2) is 11.0 Å². The lowest BCUT2D eigenvalue weighted by atomic mass is 9.93. The summed E-state index contributed by atoms with van der Waals surface area (Å²) in [6, 6.07) is 3.43. The molecule has 0 radical (unpaired) electrons. The number of nitrogens with zero attached hydrogens (tertiary/aromatic N) is 1. The Kier molecular flexibility index (Phi) is 9.47. The topological polar surface area (TPSA) is 51.7 Å². The van der Waals surface area contributed by atoms with E-state index in [-0.39, 0.29) is 23.7 Å². The maximum absolute atomic E-state index is 10.9. The molecule has 1 fully saturated rings. The molecular weight excluding hydrogens is 410 g/mol. The molecule has 6 heteroatoms. The Labute approximate surface area is 188 Å². The molecule has 1 aliphatic rings. The van der Waals surface area contributed by atoms with Crippen molar-refractivity contribution in [2.45, 2.75) is 110 Å². The minimum atomic E-state index is -1.74. The fourth-order valence-electron chi connectivity index (χ4n) is 4.25. The highest BCUT2D eigenvalue weighted by Crippen LogP contribution is 2.45. The summed E-state index contributed by atoms with van der Waals surface area (Å²) in [6.45, 7) is 15.3. The predicted molar refractivity (Wildman–Crippen MR) is 130 cm³/mol. The minimum absolute atomic E-state index is 0.0728. The van der Waals surface area contributed by atoms with Gasteiger partial charge >= 0.3 is 0 Å². The molecule has 4 atom stereocenters. The lowest BCUT2D eigenvalue weighted by molar-refractivity contribution is -0.110. The van der Waals surface area contributed by atoms with E-state index in [2.05, 4.69) is 51.1 Å². The molecule has 0 saturated carbocycles. The lowest BCUT2D eigenvalue weighted by Crippen LogP contribution is -2.41. The summed E-state index contributed by atoms with van der Waals surface area (Å²) < 4.78 is 13.1. The monoisotopic (exact) mass is 451 g/mol. The van der Waals surface area contributed by atoms with Gasteiger partial charge in [0.2, 0.25) is 0 Å². The maximum Gasteiger partial charge on any atom is 0.192 e. The number of ether oxygens (including phenoxy) is 1. The van der Waals surface area contributed by atoms with Crippen molar-refractivity contribution in [1.29, 1.82) is 0 Å². The van der Waals surface area contributed by atoms with E-state index in [0.717, 1.165) is 60.8 Å². The van der Waals surface area contributed by atoms with Crippen LogP contribution in [-0.2, 0) is 14.0 Å². The van der Waals surface area contributed by atoms with Crippen LogP contribution in [-0.4, -0.2) is 37.4 Å². The zero-order chi connectivity index (χ0) is 22.4. The number of aryl methyl sites for hydroxylation is 1. The molecule has 2 rings (SSSR count). The second-order valence-electron chi connectivity index (χ2n) is 9.19. The van der Waals surface area contributed by atoms with E-state index in [1.54, 1.807) is 11.3 Å². The van der Waals surface area contributed by atoms with Gasteiger partial charge in [-0.2, -0.15) is 0 Å². The SMILES string of the molecule is CC[Si](CC)(CC)O[C@@H](C[C@@H]1O[C@]1(C)CCC[C@H](C)C=O)/C(C)=C/c1csc(C)n1. The Bertz CT molecular complexity index is 707. The Morgan fingerprint density at radius 1 is 1.37 bits per heavy atom. The summed E-state index contributed by atoms with van der Waals surface area (Å²) in [7, 11) is -1.74. The van der Waals surface area contributed by atoms with Crippen LogP contribution in [0.4, 0.5) is 0 Å². The van der Waals surface area contributed by atoms with Gasteiger partial charge in [-0.1, -0.05) is 27.7 Å². The Morgan fingerprint density at radius 3 is 2.57 bits per heavy atom. The van der Waals surface area contributed by atoms with Crippen LogP contribution in [0.5, 0.6) is 0 Å². The van der Waals surface area contributed by atoms with Crippen molar-refractivity contribution in [2.24, 2.45) is 5.92 Å². The molecule has 30 heavy (non-hydrogen) atoms. The fourth-order valence-corrected chi connectivity index (χ4v) is 7.70. The van der Waals surface area contributed by atoms with Gasteiger partial charge in [0, 0.05) is 17.7 Å². The van der Waals surface area contributed by atoms with Crippen molar-refractivity contribution in [3.63, 3.8) is 0 Å². The Hall–Kier alpha value is -0.823. The second kappa shape index (κ2) is 11.2. The largest absolute Gasteiger partial charge is 0.410 e. The van der Waals surface area contributed by atoms with Gasteiger partial charge in [0.15, 0.2) is 8.32 Å². The third kappa shape index (κ3) is 6.84. The van der Waals surface area contributed by atoms with Crippen molar-refractivity contribution in [3.05, 3.63) is 21.7 Å². The van der Waals surface area contributed by atoms with Crippen molar-refractivity contribution in [2.75, 3.05) is 0 Å². The summed E-state index contributed by atoms with van der Waals surface area (Å²) in [5.41, 5.74) is 2.21. The number of epoxide rings is 1. The standard InChI is InChI=1S/C24H41NO3SSi/c1-8-30(9-2,10-3)28-22(19(5)14-21-17-29-20(6)25-21)15-23-24(7,27-23)13-11-12-18(4)16-26/h14,16-18,22-23H,8-13,15H2,1-7H3/b19-14+/t18-,22-,23-,24+/m0/s1. The van der Waals surface area contributed by atoms with Crippen LogP contribution < -0.4 is 0 Å². The van der Waals surface area contributed by atoms with Crippen molar-refractivity contribution in [1.82, 2.24) is 4.98 Å². The Morgan fingerprint density at radius 2 is 2.03 bits per heavy atom. The van der Waals surface area contributed by atoms with Crippen LogP contribution in [0.25, 0.3) is 6.08 Å². The number of thiazole rings is 1. The molecular formula is C24H41NO3SSi. The number of carbonyl (C=O) groups is 1. The summed E-state index contributed by atoms with van der Waals surface area (Å²) in [5.74, 6) is 0.138. The van der Waals surface area contributed by atoms with E-state index in [9.17, 15) is 4.79 Å². The number of aromatic nitrogens is 1. The van der Waals surface area contributed by atoms with E-state index in [1.165, 1.54) is 5.57 Å². The van der Waals surface area contributed by atoms with Gasteiger partial charge in [-0.15, -0.1) is 11.3 Å². The molecule has 2 heterocycles. The highest BCUT2D eigenvalue weighted by molar-refractivity contribution is 7.09. The molecule has 0 N–H and O–H groups in total. The Balaban J connectivity index is 2.10. The average molecular weight is 452 g/mol. The molecule has 1 aliphatic heterocycles. The smallest absolute Gasteiger partial charge is 0.192 e. The van der Waals surface area contributed by atoms with E-state index < -0.39 is 8.32 Å². The minimum Gasteiger partial charge on any atom is -0.410 e. The number of carbonyl (C=O) groups excluding carboxylic acids is 1. The third-order valence-electron chi connectivity index (χ3n) is 6.87. The lowest BCUT2D eigenvalue weighted by Gasteiger charge is -2.34. The molecule has 1 aromatic rings. The summed E-state index contributed by atoms with van der Waals surface area (Å²) in [4.78, 5) is 15.5. The summed E-state index contributed by atoms with van der Waals surface area (Å²) in [5, 5.41) is 3.21. The zero-order valence-corrected chi connectivity index (χ0v) is 21.8. The van der Waals surface area contributed by atoms with Crippen LogP contribution in [0.3, 0.4) is 0 Å². The van der Waals surface area contributed by atoms with Crippen molar-refractivity contribution in [3.8, 4) is 0 Å². The first-order chi connectivity index (χ1) is 14.2. The molecule has 170 valence electrons. The van der Waals surface area contributed by atoms with Crippen LogP contribution in [0, 0.1) is 12.8 Å².